The lowest BCUT2D eigenvalue weighted by Crippen LogP contribution is -2.38. The zero-order chi connectivity index (χ0) is 23.0. The maximum atomic E-state index is 13.8. The fourth-order valence-corrected chi connectivity index (χ4v) is 3.15. The number of benzene rings is 2. The van der Waals surface area contributed by atoms with Crippen LogP contribution in [0.4, 0.5) is 18.9 Å². The molecule has 2 amide bonds. The molecule has 0 unspecified atom stereocenters. The lowest BCUT2D eigenvalue weighted by atomic mass is 10.1. The number of halogens is 3. The molecule has 0 spiro atoms. The summed E-state index contributed by atoms with van der Waals surface area (Å²) in [6.45, 7) is 8.63. The number of nitrogens with zero attached hydrogens (tertiary/aromatic N) is 2. The van der Waals surface area contributed by atoms with Crippen LogP contribution in [0.5, 0.6) is 0 Å². The van der Waals surface area contributed by atoms with Crippen LogP contribution in [-0.4, -0.2) is 47.8 Å². The number of anilines is 1. The van der Waals surface area contributed by atoms with Gasteiger partial charge in [0.25, 0.3) is 5.91 Å². The second-order valence-corrected chi connectivity index (χ2v) is 7.16. The van der Waals surface area contributed by atoms with Crippen molar-refractivity contribution in [3.63, 3.8) is 0 Å². The van der Waals surface area contributed by atoms with E-state index in [0.717, 1.165) is 37.3 Å². The average molecular weight is 435 g/mol. The normalized spacial score (nSPS) is 10.9. The number of carbonyl (C=O) groups excluding carboxylic acids is 2. The van der Waals surface area contributed by atoms with Crippen molar-refractivity contribution in [1.82, 2.24) is 9.80 Å². The van der Waals surface area contributed by atoms with Gasteiger partial charge in [-0.3, -0.25) is 14.5 Å². The van der Waals surface area contributed by atoms with E-state index in [9.17, 15) is 22.8 Å². The summed E-state index contributed by atoms with van der Waals surface area (Å²) >= 11 is 0. The first kappa shape index (κ1) is 24.4. The number of rotatable bonds is 10. The van der Waals surface area contributed by atoms with Crippen molar-refractivity contribution in [2.75, 3.05) is 31.5 Å². The molecule has 2 rings (SSSR count). The van der Waals surface area contributed by atoms with Crippen molar-refractivity contribution in [3.8, 4) is 0 Å². The van der Waals surface area contributed by atoms with Gasteiger partial charge in [-0.05, 0) is 49.3 Å². The van der Waals surface area contributed by atoms with Crippen LogP contribution in [-0.2, 0) is 11.3 Å². The Morgan fingerprint density at radius 3 is 2.13 bits per heavy atom. The van der Waals surface area contributed by atoms with Crippen molar-refractivity contribution < 1.29 is 22.8 Å². The molecule has 0 saturated heterocycles. The lowest BCUT2D eigenvalue weighted by Gasteiger charge is -2.22. The van der Waals surface area contributed by atoms with Gasteiger partial charge in [-0.25, -0.2) is 13.2 Å². The minimum Gasteiger partial charge on any atom is -0.329 e. The van der Waals surface area contributed by atoms with Crippen molar-refractivity contribution in [1.29, 1.82) is 0 Å². The average Bonchev–Trinajstić information content (AvgIpc) is 2.77. The van der Waals surface area contributed by atoms with E-state index >= 15 is 0 Å². The van der Waals surface area contributed by atoms with Gasteiger partial charge in [0, 0.05) is 18.7 Å². The van der Waals surface area contributed by atoms with Gasteiger partial charge in [-0.1, -0.05) is 32.9 Å². The Morgan fingerprint density at radius 1 is 0.903 bits per heavy atom. The Bertz CT molecular complexity index is 900. The summed E-state index contributed by atoms with van der Waals surface area (Å²) in [5, 5.41) is 2.20. The minimum atomic E-state index is -1.66. The number of amides is 2. The second kappa shape index (κ2) is 11.5. The molecule has 0 atom stereocenters. The van der Waals surface area contributed by atoms with E-state index in [-0.39, 0.29) is 12.5 Å². The molecule has 5 nitrogen and oxygen atoms in total. The third-order valence-corrected chi connectivity index (χ3v) is 4.93. The van der Waals surface area contributed by atoms with Crippen molar-refractivity contribution in [2.45, 2.75) is 33.7 Å². The third kappa shape index (κ3) is 6.55. The van der Waals surface area contributed by atoms with Crippen molar-refractivity contribution in [2.24, 2.45) is 0 Å². The Balaban J connectivity index is 2.08. The monoisotopic (exact) mass is 435 g/mol. The van der Waals surface area contributed by atoms with E-state index in [1.165, 1.54) is 4.90 Å². The van der Waals surface area contributed by atoms with Crippen molar-refractivity contribution in [3.05, 3.63) is 65.0 Å². The van der Waals surface area contributed by atoms with Gasteiger partial charge >= 0.3 is 0 Å². The molecule has 0 saturated carbocycles. The molecular formula is C23H28F3N3O2. The molecule has 168 valence electrons. The number of carbonyl (C=O) groups is 2. The fourth-order valence-electron chi connectivity index (χ4n) is 3.15. The third-order valence-electron chi connectivity index (χ3n) is 4.93. The van der Waals surface area contributed by atoms with Crippen LogP contribution in [0.1, 0.15) is 43.1 Å². The van der Waals surface area contributed by atoms with Gasteiger partial charge in [0.2, 0.25) is 5.91 Å². The van der Waals surface area contributed by atoms with Gasteiger partial charge in [0.05, 0.1) is 5.69 Å². The van der Waals surface area contributed by atoms with Crippen LogP contribution >= 0.6 is 0 Å². The van der Waals surface area contributed by atoms with Crippen LogP contribution in [0, 0.1) is 17.5 Å². The van der Waals surface area contributed by atoms with E-state index in [0.29, 0.717) is 18.5 Å². The number of hydrogen-bond donors (Lipinski definition) is 1. The maximum Gasteiger partial charge on any atom is 0.254 e. The highest BCUT2D eigenvalue weighted by molar-refractivity contribution is 5.99. The predicted molar refractivity (Wildman–Crippen MR) is 114 cm³/mol. The fraction of sp³-hybridized carbons (Fsp3) is 0.391. The van der Waals surface area contributed by atoms with Gasteiger partial charge in [0.1, 0.15) is 6.54 Å². The van der Waals surface area contributed by atoms with E-state index in [2.05, 4.69) is 24.1 Å². The molecular weight excluding hydrogens is 407 g/mol. The Morgan fingerprint density at radius 2 is 1.55 bits per heavy atom. The SMILES string of the molecule is CCCN(CC(=O)Nc1ccc(F)c(F)c1F)C(=O)c1ccc(CN(CC)CC)cc1. The van der Waals surface area contributed by atoms with E-state index < -0.39 is 29.0 Å². The summed E-state index contributed by atoms with van der Waals surface area (Å²) < 4.78 is 40.2. The molecule has 2 aromatic carbocycles. The highest BCUT2D eigenvalue weighted by atomic mass is 19.2. The van der Waals surface area contributed by atoms with E-state index in [4.69, 9.17) is 0 Å². The topological polar surface area (TPSA) is 52.7 Å². The molecule has 31 heavy (non-hydrogen) atoms. The lowest BCUT2D eigenvalue weighted by molar-refractivity contribution is -0.116. The second-order valence-electron chi connectivity index (χ2n) is 7.16. The number of hydrogen-bond acceptors (Lipinski definition) is 3. The van der Waals surface area contributed by atoms with Crippen LogP contribution < -0.4 is 5.32 Å². The highest BCUT2D eigenvalue weighted by Crippen LogP contribution is 2.19. The zero-order valence-corrected chi connectivity index (χ0v) is 18.1. The standard InChI is InChI=1S/C23H28F3N3O2/c1-4-13-29(15-20(30)27-19-12-11-18(24)21(25)22(19)26)23(31)17-9-7-16(8-10-17)14-28(5-2)6-3/h7-12H,4-6,13-15H2,1-3H3,(H,27,30). The predicted octanol–water partition coefficient (Wildman–Crippen LogP) is 4.44. The van der Waals surface area contributed by atoms with Crippen LogP contribution in [0.25, 0.3) is 0 Å². The first-order chi connectivity index (χ1) is 14.8. The summed E-state index contributed by atoms with van der Waals surface area (Å²) in [5.41, 5.74) is 1.03. The smallest absolute Gasteiger partial charge is 0.254 e. The number of nitrogens with one attached hydrogen (secondary N) is 1. The van der Waals surface area contributed by atoms with Gasteiger partial charge in [-0.15, -0.1) is 0 Å². The van der Waals surface area contributed by atoms with Crippen molar-refractivity contribution >= 4 is 17.5 Å². The largest absolute Gasteiger partial charge is 0.329 e. The molecule has 0 aliphatic rings. The maximum absolute atomic E-state index is 13.8. The first-order valence-electron chi connectivity index (χ1n) is 10.3. The van der Waals surface area contributed by atoms with Crippen LogP contribution in [0.2, 0.25) is 0 Å². The molecule has 0 aromatic heterocycles. The Hall–Kier alpha value is -2.87. The molecule has 0 heterocycles. The summed E-state index contributed by atoms with van der Waals surface area (Å²) in [6.07, 6.45) is 0.610. The summed E-state index contributed by atoms with van der Waals surface area (Å²) in [5.74, 6) is -5.53. The molecule has 1 N–H and O–H groups in total. The Labute approximate surface area is 180 Å². The van der Waals surface area contributed by atoms with Gasteiger partial charge in [-0.2, -0.15) is 0 Å². The van der Waals surface area contributed by atoms with E-state index in [1.807, 2.05) is 19.1 Å². The molecule has 0 aliphatic heterocycles. The Kier molecular flexibility index (Phi) is 9.05. The molecule has 0 radical (unpaired) electrons. The molecule has 0 fully saturated rings. The quantitative estimate of drug-likeness (QED) is 0.562. The van der Waals surface area contributed by atoms with Gasteiger partial charge < -0.3 is 10.2 Å². The summed E-state index contributed by atoms with van der Waals surface area (Å²) in [4.78, 5) is 28.8. The van der Waals surface area contributed by atoms with E-state index in [1.54, 1.807) is 12.1 Å². The highest BCUT2D eigenvalue weighted by Gasteiger charge is 2.20. The molecule has 8 heteroatoms. The van der Waals surface area contributed by atoms with Crippen LogP contribution in [0.15, 0.2) is 36.4 Å². The van der Waals surface area contributed by atoms with Crippen LogP contribution in [0.3, 0.4) is 0 Å². The summed E-state index contributed by atoms with van der Waals surface area (Å²) in [6, 6.07) is 8.86. The molecule has 0 bridgehead atoms. The zero-order valence-electron chi connectivity index (χ0n) is 18.1. The first-order valence-corrected chi connectivity index (χ1v) is 10.3. The van der Waals surface area contributed by atoms with Gasteiger partial charge in [0.15, 0.2) is 17.5 Å². The molecule has 0 aliphatic carbocycles. The minimum absolute atomic E-state index is 0.313. The summed E-state index contributed by atoms with van der Waals surface area (Å²) in [7, 11) is 0. The molecule has 2 aromatic rings.